The first-order valence-corrected chi connectivity index (χ1v) is 12.3. The molecule has 1 aromatic heterocycles. The molecule has 33 heavy (non-hydrogen) atoms. The van der Waals surface area contributed by atoms with Gasteiger partial charge in [0.05, 0.1) is 18.3 Å². The van der Waals surface area contributed by atoms with E-state index in [0.717, 1.165) is 30.3 Å². The summed E-state index contributed by atoms with van der Waals surface area (Å²) in [5.41, 5.74) is 0.845. The van der Waals surface area contributed by atoms with Gasteiger partial charge in [0.2, 0.25) is 0 Å². The maximum absolute atomic E-state index is 14.2. The summed E-state index contributed by atoms with van der Waals surface area (Å²) < 4.78 is 25.6. The lowest BCUT2D eigenvalue weighted by molar-refractivity contribution is 0.124. The number of aromatic nitrogens is 2. The molecule has 11 heteroatoms. The Balaban J connectivity index is 0.00000306. The minimum atomic E-state index is -0.549. The molecule has 4 rings (SSSR count). The highest BCUT2D eigenvalue weighted by Gasteiger charge is 2.25. The van der Waals surface area contributed by atoms with E-state index in [1.807, 2.05) is 0 Å². The van der Waals surface area contributed by atoms with Crippen molar-refractivity contribution in [2.75, 3.05) is 49.4 Å². The molecule has 1 unspecified atom stereocenters. The van der Waals surface area contributed by atoms with E-state index >= 15 is 0 Å². The van der Waals surface area contributed by atoms with Gasteiger partial charge in [-0.05, 0) is 35.2 Å². The van der Waals surface area contributed by atoms with Crippen LogP contribution in [0.1, 0.15) is 0 Å². The number of aliphatic hydroxyl groups excluding tert-OH is 1. The van der Waals surface area contributed by atoms with Crippen molar-refractivity contribution in [2.45, 2.75) is 6.10 Å². The zero-order chi connectivity index (χ0) is 22.5. The second-order valence-corrected chi connectivity index (χ2v) is 10.2. The second kappa shape index (κ2) is 11.9. The summed E-state index contributed by atoms with van der Waals surface area (Å²) in [6.45, 7) is 2.18. The fourth-order valence-electron chi connectivity index (χ4n) is 3.49. The van der Waals surface area contributed by atoms with Crippen molar-refractivity contribution in [1.29, 1.82) is 0 Å². The molecule has 1 atom stereocenters. The number of aliphatic hydroxyl groups is 1. The van der Waals surface area contributed by atoms with Crippen LogP contribution in [-0.4, -0.2) is 65.2 Å². The van der Waals surface area contributed by atoms with E-state index < -0.39 is 11.9 Å². The van der Waals surface area contributed by atoms with Crippen LogP contribution in [0.15, 0.2) is 36.7 Å². The van der Waals surface area contributed by atoms with Crippen LogP contribution in [0.5, 0.6) is 11.5 Å². The Kier molecular flexibility index (Phi) is 9.22. The van der Waals surface area contributed by atoms with Gasteiger partial charge in [-0.1, -0.05) is 11.6 Å². The standard InChI is InChI=1S/C22H25ClFN4O3S.ClH/c1-30-20-9-16-19(10-21(20)31-11-15(29)12-32-6-4-25-5-7-32)26-13-27-22(16)28-18-3-2-14(23)8-17(18)24;/h2-3,8-10,13,15,25,29H,4-7,11-12H2,1H3,(H,26,27,28);1H/q+1;. The Bertz CT molecular complexity index is 1090. The summed E-state index contributed by atoms with van der Waals surface area (Å²) >= 11 is 5.83. The summed E-state index contributed by atoms with van der Waals surface area (Å²) in [5.74, 6) is 3.82. The van der Waals surface area contributed by atoms with E-state index in [1.165, 1.54) is 19.5 Å². The zero-order valence-electron chi connectivity index (χ0n) is 18.0. The number of anilines is 2. The van der Waals surface area contributed by atoms with Crippen LogP contribution in [0.2, 0.25) is 5.02 Å². The van der Waals surface area contributed by atoms with Gasteiger partial charge in [0.25, 0.3) is 0 Å². The molecule has 2 aromatic carbocycles. The molecule has 7 nitrogen and oxygen atoms in total. The predicted octanol–water partition coefficient (Wildman–Crippen LogP) is 3.56. The summed E-state index contributed by atoms with van der Waals surface area (Å²) in [7, 11) is 1.76. The number of hydrogen-bond donors (Lipinski definition) is 3. The van der Waals surface area contributed by atoms with Gasteiger partial charge in [-0.25, -0.2) is 14.4 Å². The predicted molar refractivity (Wildman–Crippen MR) is 134 cm³/mol. The van der Waals surface area contributed by atoms with E-state index in [-0.39, 0.29) is 35.6 Å². The van der Waals surface area contributed by atoms with Gasteiger partial charge < -0.3 is 25.2 Å². The molecular formula is C22H26Cl2FN4O3S+. The number of benzene rings is 2. The Morgan fingerprint density at radius 2 is 2.00 bits per heavy atom. The number of fused-ring (bicyclic) bond motifs is 1. The molecule has 0 saturated carbocycles. The van der Waals surface area contributed by atoms with Crippen molar-refractivity contribution in [2.24, 2.45) is 0 Å². The van der Waals surface area contributed by atoms with E-state index in [2.05, 4.69) is 20.6 Å². The second-order valence-electron chi connectivity index (χ2n) is 7.39. The molecule has 0 amide bonds. The van der Waals surface area contributed by atoms with Gasteiger partial charge >= 0.3 is 0 Å². The third-order valence-electron chi connectivity index (χ3n) is 5.10. The number of ether oxygens (including phenoxy) is 2. The average Bonchev–Trinajstić information content (AvgIpc) is 2.79. The normalized spacial score (nSPS) is 15.0. The third kappa shape index (κ3) is 6.51. The third-order valence-corrected chi connectivity index (χ3v) is 7.75. The molecule has 0 aliphatic carbocycles. The molecule has 0 radical (unpaired) electrons. The molecule has 1 saturated heterocycles. The maximum Gasteiger partial charge on any atom is 0.163 e. The number of methoxy groups -OCH3 is 1. The molecule has 1 fully saturated rings. The van der Waals surface area contributed by atoms with Crippen LogP contribution < -0.4 is 20.1 Å². The fraction of sp³-hybridized carbons (Fsp3) is 0.364. The molecular weight excluding hydrogens is 490 g/mol. The summed E-state index contributed by atoms with van der Waals surface area (Å²) in [6.07, 6.45) is 0.842. The number of hydrogen-bond acceptors (Lipinski definition) is 7. The molecule has 3 N–H and O–H groups in total. The molecule has 1 aliphatic heterocycles. The van der Waals surface area contributed by atoms with E-state index in [1.54, 1.807) is 24.3 Å². The SMILES string of the molecule is COc1cc2c(Nc3ccc(Cl)cc3F)ncnc2cc1OCC(O)C[S+]1CCNCC1.Cl. The quantitative estimate of drug-likeness (QED) is 0.395. The first-order chi connectivity index (χ1) is 15.5. The number of halogens is 3. The largest absolute Gasteiger partial charge is 0.493 e. The van der Waals surface area contributed by atoms with Gasteiger partial charge in [-0.15, -0.1) is 12.4 Å². The van der Waals surface area contributed by atoms with Gasteiger partial charge in [0.15, 0.2) is 11.5 Å². The molecule has 178 valence electrons. The van der Waals surface area contributed by atoms with Gasteiger partial charge in [0.1, 0.15) is 47.9 Å². The first-order valence-electron chi connectivity index (χ1n) is 10.2. The molecule has 1 aliphatic rings. The smallest absolute Gasteiger partial charge is 0.163 e. The monoisotopic (exact) mass is 515 g/mol. The lowest BCUT2D eigenvalue weighted by atomic mass is 10.2. The molecule has 0 bridgehead atoms. The van der Waals surface area contributed by atoms with Crippen LogP contribution in [0.4, 0.5) is 15.9 Å². The van der Waals surface area contributed by atoms with Gasteiger partial charge in [0, 0.05) is 29.6 Å². The number of nitrogens with zero attached hydrogens (tertiary/aromatic N) is 2. The molecule has 0 spiro atoms. The van der Waals surface area contributed by atoms with Gasteiger partial charge in [-0.2, -0.15) is 0 Å². The van der Waals surface area contributed by atoms with Crippen molar-refractivity contribution in [1.82, 2.24) is 15.3 Å². The maximum atomic E-state index is 14.2. The number of rotatable bonds is 8. The van der Waals surface area contributed by atoms with Crippen molar-refractivity contribution in [3.8, 4) is 11.5 Å². The van der Waals surface area contributed by atoms with E-state index in [9.17, 15) is 9.50 Å². The fourth-order valence-corrected chi connectivity index (χ4v) is 5.69. The summed E-state index contributed by atoms with van der Waals surface area (Å²) in [6, 6.07) is 7.85. The lowest BCUT2D eigenvalue weighted by Crippen LogP contribution is -2.41. The minimum absolute atomic E-state index is 0. The summed E-state index contributed by atoms with van der Waals surface area (Å²) in [4.78, 5) is 8.55. The number of nitrogens with one attached hydrogen (secondary N) is 2. The first kappa shape index (κ1) is 25.6. The van der Waals surface area contributed by atoms with Gasteiger partial charge in [-0.3, -0.25) is 0 Å². The Morgan fingerprint density at radius 1 is 1.21 bits per heavy atom. The van der Waals surface area contributed by atoms with Crippen molar-refractivity contribution < 1.29 is 19.0 Å². The topological polar surface area (TPSA) is 88.5 Å². The Labute approximate surface area is 205 Å². The minimum Gasteiger partial charge on any atom is -0.493 e. The van der Waals surface area contributed by atoms with E-state index in [0.29, 0.717) is 33.2 Å². The van der Waals surface area contributed by atoms with Crippen LogP contribution >= 0.6 is 24.0 Å². The molecule has 3 aromatic rings. The Hall–Kier alpha value is -2.04. The van der Waals surface area contributed by atoms with Crippen LogP contribution in [0.25, 0.3) is 10.9 Å². The highest BCUT2D eigenvalue weighted by molar-refractivity contribution is 7.96. The highest BCUT2D eigenvalue weighted by atomic mass is 35.5. The average molecular weight is 516 g/mol. The summed E-state index contributed by atoms with van der Waals surface area (Å²) in [5, 5.41) is 17.7. The van der Waals surface area contributed by atoms with Crippen molar-refractivity contribution >= 4 is 57.3 Å². The molecule has 2 heterocycles. The zero-order valence-corrected chi connectivity index (χ0v) is 20.4. The van der Waals surface area contributed by atoms with E-state index in [4.69, 9.17) is 21.1 Å². The van der Waals surface area contributed by atoms with Crippen molar-refractivity contribution in [3.63, 3.8) is 0 Å². The van der Waals surface area contributed by atoms with Crippen LogP contribution in [0.3, 0.4) is 0 Å². The van der Waals surface area contributed by atoms with Crippen LogP contribution in [-0.2, 0) is 10.9 Å². The lowest BCUT2D eigenvalue weighted by Gasteiger charge is -2.19. The van der Waals surface area contributed by atoms with Crippen LogP contribution in [0, 0.1) is 5.82 Å². The van der Waals surface area contributed by atoms with Crippen molar-refractivity contribution in [3.05, 3.63) is 47.5 Å². The highest BCUT2D eigenvalue weighted by Crippen LogP contribution is 2.35. The Morgan fingerprint density at radius 3 is 2.73 bits per heavy atom.